The van der Waals surface area contributed by atoms with Gasteiger partial charge in [-0.3, -0.25) is 14.3 Å². The average molecular weight is 461 g/mol. The van der Waals surface area contributed by atoms with Gasteiger partial charge in [0.05, 0.1) is 5.60 Å². The zero-order chi connectivity index (χ0) is 24.4. The molecule has 3 rings (SSSR count). The predicted octanol–water partition coefficient (Wildman–Crippen LogP) is 3.87. The number of carbonyl (C=O) groups excluding carboxylic acids is 1. The van der Waals surface area contributed by atoms with E-state index in [1.165, 1.54) is 42.2 Å². The van der Waals surface area contributed by atoms with Gasteiger partial charge in [0.25, 0.3) is 5.91 Å². The average Bonchev–Trinajstić information content (AvgIpc) is 2.73. The van der Waals surface area contributed by atoms with E-state index >= 15 is 0 Å². The number of rotatable bonds is 6. The minimum Gasteiger partial charge on any atom is -0.483 e. The Balaban J connectivity index is 1.94. The van der Waals surface area contributed by atoms with E-state index < -0.39 is 29.7 Å². The predicted molar refractivity (Wildman–Crippen MR) is 116 cm³/mol. The lowest BCUT2D eigenvalue weighted by Crippen LogP contribution is -2.26. The highest BCUT2D eigenvalue weighted by Crippen LogP contribution is 2.28. The summed E-state index contributed by atoms with van der Waals surface area (Å²) < 4.78 is 43.9. The van der Waals surface area contributed by atoms with Gasteiger partial charge < -0.3 is 15.2 Å². The number of amides is 1. The summed E-state index contributed by atoms with van der Waals surface area (Å²) >= 11 is 0. The molecular weight excluding hydrogens is 439 g/mol. The van der Waals surface area contributed by atoms with E-state index in [1.807, 2.05) is 0 Å². The number of halogens is 3. The highest BCUT2D eigenvalue weighted by atomic mass is 19.4. The van der Waals surface area contributed by atoms with Crippen molar-refractivity contribution in [2.24, 2.45) is 7.05 Å². The number of carbonyl (C=O) groups is 1. The standard InChI is InChI=1S/C23H22F3N3O4/c1-22(2,32)14-8-10-15(11-9-14)27-21(31)17-12-29(3)28-19(20(17)30)16-6-4-5-7-18(16)33-13-23(24,25)26/h4-12,32H,13H2,1-3H3,(H,27,31). The molecule has 0 atom stereocenters. The molecule has 0 saturated carbocycles. The number of aromatic nitrogens is 2. The smallest absolute Gasteiger partial charge is 0.422 e. The summed E-state index contributed by atoms with van der Waals surface area (Å²) in [5.41, 5.74) is -1.23. The summed E-state index contributed by atoms with van der Waals surface area (Å²) in [7, 11) is 1.48. The number of anilines is 1. The summed E-state index contributed by atoms with van der Waals surface area (Å²) in [5.74, 6) is -0.900. The Morgan fingerprint density at radius 2 is 1.76 bits per heavy atom. The van der Waals surface area contributed by atoms with Gasteiger partial charge in [-0.25, -0.2) is 0 Å². The number of hydrogen-bond donors (Lipinski definition) is 2. The van der Waals surface area contributed by atoms with Crippen LogP contribution >= 0.6 is 0 Å². The van der Waals surface area contributed by atoms with Crippen LogP contribution in [0.5, 0.6) is 5.75 Å². The number of aryl methyl sites for hydroxylation is 1. The Morgan fingerprint density at radius 3 is 2.36 bits per heavy atom. The number of ether oxygens (including phenoxy) is 1. The van der Waals surface area contributed by atoms with Crippen LogP contribution in [0.25, 0.3) is 11.3 Å². The molecule has 0 aliphatic heterocycles. The Kier molecular flexibility index (Phi) is 6.59. The molecular formula is C23H22F3N3O4. The number of benzene rings is 2. The van der Waals surface area contributed by atoms with Crippen molar-refractivity contribution in [1.82, 2.24) is 9.78 Å². The maximum atomic E-state index is 13.0. The van der Waals surface area contributed by atoms with Crippen LogP contribution < -0.4 is 15.5 Å². The summed E-state index contributed by atoms with van der Waals surface area (Å²) in [5, 5.41) is 16.7. The first-order chi connectivity index (χ1) is 15.3. The van der Waals surface area contributed by atoms with Crippen LogP contribution in [0.15, 0.2) is 59.5 Å². The molecule has 0 radical (unpaired) electrons. The Morgan fingerprint density at radius 1 is 1.12 bits per heavy atom. The van der Waals surface area contributed by atoms with E-state index in [0.717, 1.165) is 0 Å². The molecule has 1 aromatic heterocycles. The van der Waals surface area contributed by atoms with Gasteiger partial charge >= 0.3 is 6.18 Å². The van der Waals surface area contributed by atoms with Crippen molar-refractivity contribution in [3.8, 4) is 17.0 Å². The first kappa shape index (κ1) is 24.0. The topological polar surface area (TPSA) is 93.5 Å². The number of para-hydroxylation sites is 1. The third-order valence-corrected chi connectivity index (χ3v) is 4.66. The fourth-order valence-corrected chi connectivity index (χ4v) is 3.05. The SMILES string of the molecule is Cn1cc(C(=O)Nc2ccc(C(C)(C)O)cc2)c(=O)c(-c2ccccc2OCC(F)(F)F)n1. The second kappa shape index (κ2) is 9.07. The van der Waals surface area contributed by atoms with E-state index in [9.17, 15) is 27.9 Å². The molecule has 0 unspecified atom stereocenters. The summed E-state index contributed by atoms with van der Waals surface area (Å²) in [6.45, 7) is 1.71. The van der Waals surface area contributed by atoms with Crippen LogP contribution in [0.1, 0.15) is 29.8 Å². The quantitative estimate of drug-likeness (QED) is 0.581. The molecule has 2 aromatic carbocycles. The lowest BCUT2D eigenvalue weighted by atomic mass is 9.98. The van der Waals surface area contributed by atoms with Gasteiger partial charge in [-0.05, 0) is 43.7 Å². The molecule has 2 N–H and O–H groups in total. The van der Waals surface area contributed by atoms with Crippen molar-refractivity contribution in [2.45, 2.75) is 25.6 Å². The van der Waals surface area contributed by atoms with E-state index in [4.69, 9.17) is 4.74 Å². The van der Waals surface area contributed by atoms with E-state index in [-0.39, 0.29) is 22.6 Å². The molecule has 0 aliphatic rings. The molecule has 0 spiro atoms. The molecule has 33 heavy (non-hydrogen) atoms. The van der Waals surface area contributed by atoms with Crippen molar-refractivity contribution in [2.75, 3.05) is 11.9 Å². The molecule has 10 heteroatoms. The van der Waals surface area contributed by atoms with Gasteiger partial charge in [-0.15, -0.1) is 0 Å². The van der Waals surface area contributed by atoms with E-state index in [1.54, 1.807) is 38.1 Å². The highest BCUT2D eigenvalue weighted by Gasteiger charge is 2.29. The lowest BCUT2D eigenvalue weighted by Gasteiger charge is -2.18. The van der Waals surface area contributed by atoms with Gasteiger partial charge in [0.2, 0.25) is 5.43 Å². The summed E-state index contributed by atoms with van der Waals surface area (Å²) in [6, 6.07) is 12.1. The van der Waals surface area contributed by atoms with Crippen LogP contribution in [0.2, 0.25) is 0 Å². The molecule has 7 nitrogen and oxygen atoms in total. The van der Waals surface area contributed by atoms with Crippen molar-refractivity contribution in [1.29, 1.82) is 0 Å². The summed E-state index contributed by atoms with van der Waals surface area (Å²) in [4.78, 5) is 25.9. The largest absolute Gasteiger partial charge is 0.483 e. The van der Waals surface area contributed by atoms with Crippen LogP contribution in [0.3, 0.4) is 0 Å². The zero-order valence-electron chi connectivity index (χ0n) is 18.1. The first-order valence-electron chi connectivity index (χ1n) is 9.86. The molecule has 174 valence electrons. The normalized spacial score (nSPS) is 11.8. The van der Waals surface area contributed by atoms with Gasteiger partial charge in [0, 0.05) is 24.5 Å². The number of aliphatic hydroxyl groups is 1. The van der Waals surface area contributed by atoms with Crippen LogP contribution in [0.4, 0.5) is 18.9 Å². The minimum atomic E-state index is -4.56. The molecule has 0 fully saturated rings. The monoisotopic (exact) mass is 461 g/mol. The van der Waals surface area contributed by atoms with Gasteiger partial charge in [0.15, 0.2) is 6.61 Å². The van der Waals surface area contributed by atoms with Gasteiger partial charge in [-0.2, -0.15) is 18.3 Å². The molecule has 1 amide bonds. The third kappa shape index (κ3) is 5.98. The maximum Gasteiger partial charge on any atom is 0.422 e. The van der Waals surface area contributed by atoms with E-state index in [2.05, 4.69) is 10.4 Å². The third-order valence-electron chi connectivity index (χ3n) is 4.66. The lowest BCUT2D eigenvalue weighted by molar-refractivity contribution is -0.153. The van der Waals surface area contributed by atoms with Crippen LogP contribution in [-0.2, 0) is 12.6 Å². The first-order valence-corrected chi connectivity index (χ1v) is 9.86. The Bertz CT molecular complexity index is 1210. The maximum absolute atomic E-state index is 13.0. The molecule has 0 aliphatic carbocycles. The number of nitrogens with one attached hydrogen (secondary N) is 1. The fourth-order valence-electron chi connectivity index (χ4n) is 3.05. The molecule has 3 aromatic rings. The Hall–Kier alpha value is -3.66. The number of hydrogen-bond acceptors (Lipinski definition) is 5. The van der Waals surface area contributed by atoms with Gasteiger partial charge in [0.1, 0.15) is 17.0 Å². The van der Waals surface area contributed by atoms with Crippen molar-refractivity contribution in [3.05, 3.63) is 76.1 Å². The van der Waals surface area contributed by atoms with Crippen molar-refractivity contribution >= 4 is 11.6 Å². The van der Waals surface area contributed by atoms with Crippen LogP contribution in [-0.4, -0.2) is 33.6 Å². The van der Waals surface area contributed by atoms with Gasteiger partial charge in [-0.1, -0.05) is 24.3 Å². The highest BCUT2D eigenvalue weighted by molar-refractivity contribution is 6.04. The van der Waals surface area contributed by atoms with Crippen molar-refractivity contribution < 1.29 is 27.8 Å². The minimum absolute atomic E-state index is 0.0338. The van der Waals surface area contributed by atoms with Crippen LogP contribution in [0, 0.1) is 0 Å². The van der Waals surface area contributed by atoms with E-state index in [0.29, 0.717) is 11.3 Å². The number of nitrogens with zero attached hydrogens (tertiary/aromatic N) is 2. The fraction of sp³-hybridized carbons (Fsp3) is 0.261. The number of alkyl halides is 3. The molecule has 1 heterocycles. The molecule has 0 bridgehead atoms. The second-order valence-corrected chi connectivity index (χ2v) is 7.88. The Labute approximate surface area is 187 Å². The zero-order valence-corrected chi connectivity index (χ0v) is 18.1. The second-order valence-electron chi connectivity index (χ2n) is 7.88. The van der Waals surface area contributed by atoms with Crippen molar-refractivity contribution in [3.63, 3.8) is 0 Å². The summed E-state index contributed by atoms with van der Waals surface area (Å²) in [6.07, 6.45) is -3.33. The molecule has 0 saturated heterocycles.